The molecule has 2 heterocycles. The molecule has 0 spiro atoms. The molecule has 3 atom stereocenters. The van der Waals surface area contributed by atoms with Crippen LogP contribution in [0.15, 0.2) is 60.7 Å². The Kier molecular flexibility index (Phi) is 4.23. The van der Waals surface area contributed by atoms with Gasteiger partial charge in [-0.1, -0.05) is 60.7 Å². The van der Waals surface area contributed by atoms with E-state index < -0.39 is 0 Å². The normalized spacial score (nSPS) is 24.3. The Hall–Kier alpha value is -1.94. The second-order valence-corrected chi connectivity index (χ2v) is 7.36. The number of carbonyl (C=O) groups is 1. The van der Waals surface area contributed by atoms with Crippen molar-refractivity contribution in [2.24, 2.45) is 0 Å². The predicted molar refractivity (Wildman–Crippen MR) is 98.4 cm³/mol. The SMILES string of the molecule is C[C@H](c1ccccc1)N1C(=O)N(Cc2ccccc2)[C@@H]2[CH]SC[C@@H]21. The zero-order valence-electron chi connectivity index (χ0n) is 13.7. The van der Waals surface area contributed by atoms with E-state index in [2.05, 4.69) is 41.8 Å². The minimum Gasteiger partial charge on any atom is -0.314 e. The van der Waals surface area contributed by atoms with Crippen molar-refractivity contribution in [3.05, 3.63) is 77.5 Å². The van der Waals surface area contributed by atoms with Gasteiger partial charge in [0, 0.05) is 18.1 Å². The summed E-state index contributed by atoms with van der Waals surface area (Å²) in [5, 5.41) is 0. The van der Waals surface area contributed by atoms with E-state index in [9.17, 15) is 4.79 Å². The van der Waals surface area contributed by atoms with Crippen LogP contribution < -0.4 is 0 Å². The van der Waals surface area contributed by atoms with E-state index in [4.69, 9.17) is 0 Å². The summed E-state index contributed by atoms with van der Waals surface area (Å²) in [5.74, 6) is 3.22. The summed E-state index contributed by atoms with van der Waals surface area (Å²) in [5.41, 5.74) is 2.38. The van der Waals surface area contributed by atoms with E-state index >= 15 is 0 Å². The van der Waals surface area contributed by atoms with E-state index in [1.165, 1.54) is 11.1 Å². The molecule has 2 aromatic rings. The second kappa shape index (κ2) is 6.52. The Labute approximate surface area is 147 Å². The highest BCUT2D eigenvalue weighted by molar-refractivity contribution is 8.01. The number of fused-ring (bicyclic) bond motifs is 1. The van der Waals surface area contributed by atoms with Crippen LogP contribution in [0.5, 0.6) is 0 Å². The van der Waals surface area contributed by atoms with Crippen molar-refractivity contribution in [1.82, 2.24) is 9.80 Å². The zero-order chi connectivity index (χ0) is 16.5. The molecule has 1 radical (unpaired) electrons. The number of hydrogen-bond donors (Lipinski definition) is 0. The zero-order valence-corrected chi connectivity index (χ0v) is 14.5. The van der Waals surface area contributed by atoms with E-state index in [1.54, 1.807) is 0 Å². The molecule has 2 aliphatic rings. The lowest BCUT2D eigenvalue weighted by molar-refractivity contribution is 0.170. The Morgan fingerprint density at radius 2 is 1.75 bits per heavy atom. The average molecular weight is 337 g/mol. The van der Waals surface area contributed by atoms with Gasteiger partial charge in [0.2, 0.25) is 0 Å². The quantitative estimate of drug-likeness (QED) is 0.775. The van der Waals surface area contributed by atoms with E-state index in [-0.39, 0.29) is 24.2 Å². The standard InChI is InChI=1S/C20H21N2OS/c1-15(17-10-6-3-7-11-17)22-19-14-24-13-18(19)21(20(22)23)12-16-8-4-2-5-9-16/h2-11,13,15,18-19H,12,14H2,1H3/t15-,18-,19+/m1/s1. The Bertz CT molecular complexity index is 706. The predicted octanol–water partition coefficient (Wildman–Crippen LogP) is 4.33. The first-order valence-corrected chi connectivity index (χ1v) is 9.43. The maximum absolute atomic E-state index is 13.2. The van der Waals surface area contributed by atoms with Gasteiger partial charge in [-0.05, 0) is 18.1 Å². The van der Waals surface area contributed by atoms with Crippen LogP contribution in [0, 0.1) is 5.75 Å². The van der Waals surface area contributed by atoms with Crippen LogP contribution >= 0.6 is 11.8 Å². The summed E-state index contributed by atoms with van der Waals surface area (Å²) >= 11 is 1.84. The van der Waals surface area contributed by atoms with Gasteiger partial charge in [-0.25, -0.2) is 4.79 Å². The smallest absolute Gasteiger partial charge is 0.314 e. The van der Waals surface area contributed by atoms with Crippen LogP contribution in [0.4, 0.5) is 4.79 Å². The Morgan fingerprint density at radius 1 is 1.08 bits per heavy atom. The third-order valence-electron chi connectivity index (χ3n) is 4.98. The lowest BCUT2D eigenvalue weighted by atomic mass is 10.0. The molecule has 0 saturated carbocycles. The van der Waals surface area contributed by atoms with Gasteiger partial charge < -0.3 is 9.80 Å². The molecule has 0 aliphatic carbocycles. The first-order chi connectivity index (χ1) is 11.8. The van der Waals surface area contributed by atoms with E-state index in [1.807, 2.05) is 53.1 Å². The molecule has 3 nitrogen and oxygen atoms in total. The Balaban J connectivity index is 1.61. The van der Waals surface area contributed by atoms with Gasteiger partial charge in [0.05, 0.1) is 18.1 Å². The number of nitrogens with zero attached hydrogens (tertiary/aromatic N) is 2. The van der Waals surface area contributed by atoms with Crippen molar-refractivity contribution in [3.8, 4) is 0 Å². The van der Waals surface area contributed by atoms with Crippen LogP contribution in [0.1, 0.15) is 24.1 Å². The summed E-state index contributed by atoms with van der Waals surface area (Å²) in [6.45, 7) is 2.81. The molecule has 2 fully saturated rings. The second-order valence-electron chi connectivity index (χ2n) is 6.42. The fraction of sp³-hybridized carbons (Fsp3) is 0.300. The van der Waals surface area contributed by atoms with Gasteiger partial charge in [-0.3, -0.25) is 0 Å². The number of thioether (sulfide) groups is 1. The van der Waals surface area contributed by atoms with Gasteiger partial charge in [0.1, 0.15) is 0 Å². The first-order valence-electron chi connectivity index (χ1n) is 8.38. The summed E-state index contributed by atoms with van der Waals surface area (Å²) in [7, 11) is 0. The number of carbonyl (C=O) groups excluding carboxylic acids is 1. The third kappa shape index (κ3) is 2.69. The van der Waals surface area contributed by atoms with Crippen molar-refractivity contribution >= 4 is 17.8 Å². The molecule has 123 valence electrons. The average Bonchev–Trinajstić information content (AvgIpc) is 3.18. The molecule has 0 unspecified atom stereocenters. The molecular formula is C20H21N2OS. The minimum absolute atomic E-state index is 0.0964. The van der Waals surface area contributed by atoms with Crippen molar-refractivity contribution in [2.45, 2.75) is 31.6 Å². The van der Waals surface area contributed by atoms with Crippen molar-refractivity contribution < 1.29 is 4.79 Å². The molecule has 0 aromatic heterocycles. The van der Waals surface area contributed by atoms with E-state index in [0.717, 1.165) is 5.75 Å². The Morgan fingerprint density at radius 3 is 2.46 bits per heavy atom. The van der Waals surface area contributed by atoms with Crippen LogP contribution in [-0.2, 0) is 6.54 Å². The summed E-state index contributed by atoms with van der Waals surface area (Å²) in [6.07, 6.45) is 0. The number of benzene rings is 2. The van der Waals surface area contributed by atoms with Gasteiger partial charge in [-0.15, -0.1) is 0 Å². The largest absolute Gasteiger partial charge is 0.321 e. The van der Waals surface area contributed by atoms with Gasteiger partial charge in [0.15, 0.2) is 0 Å². The lowest BCUT2D eigenvalue weighted by Gasteiger charge is -2.29. The fourth-order valence-electron chi connectivity index (χ4n) is 3.68. The molecule has 2 aromatic carbocycles. The summed E-state index contributed by atoms with van der Waals surface area (Å²) < 4.78 is 0. The maximum atomic E-state index is 13.2. The van der Waals surface area contributed by atoms with Crippen molar-refractivity contribution in [2.75, 3.05) is 5.75 Å². The maximum Gasteiger partial charge on any atom is 0.321 e. The highest BCUT2D eigenvalue weighted by Crippen LogP contribution is 2.41. The topological polar surface area (TPSA) is 23.6 Å². The number of amides is 2. The minimum atomic E-state index is 0.0964. The van der Waals surface area contributed by atoms with Crippen molar-refractivity contribution in [1.29, 1.82) is 0 Å². The number of rotatable bonds is 4. The third-order valence-corrected chi connectivity index (χ3v) is 5.98. The van der Waals surface area contributed by atoms with Gasteiger partial charge in [-0.2, -0.15) is 11.8 Å². The number of urea groups is 1. The van der Waals surface area contributed by atoms with Gasteiger partial charge >= 0.3 is 6.03 Å². The highest BCUT2D eigenvalue weighted by atomic mass is 32.2. The molecule has 0 bridgehead atoms. The molecule has 2 aliphatic heterocycles. The molecule has 4 rings (SSSR count). The molecule has 0 N–H and O–H groups in total. The van der Waals surface area contributed by atoms with Crippen LogP contribution in [0.2, 0.25) is 0 Å². The van der Waals surface area contributed by atoms with Crippen LogP contribution in [0.3, 0.4) is 0 Å². The monoisotopic (exact) mass is 337 g/mol. The highest BCUT2D eigenvalue weighted by Gasteiger charge is 2.50. The lowest BCUT2D eigenvalue weighted by Crippen LogP contribution is -2.38. The molecule has 2 saturated heterocycles. The summed E-state index contributed by atoms with van der Waals surface area (Å²) in [4.78, 5) is 17.3. The molecular weight excluding hydrogens is 316 g/mol. The van der Waals surface area contributed by atoms with Gasteiger partial charge in [0.25, 0.3) is 0 Å². The van der Waals surface area contributed by atoms with Crippen molar-refractivity contribution in [3.63, 3.8) is 0 Å². The number of hydrogen-bond acceptors (Lipinski definition) is 2. The fourth-order valence-corrected chi connectivity index (χ4v) is 4.88. The molecule has 2 amide bonds. The van der Waals surface area contributed by atoms with Crippen LogP contribution in [-0.4, -0.2) is 33.7 Å². The van der Waals surface area contributed by atoms with E-state index in [0.29, 0.717) is 6.54 Å². The first kappa shape index (κ1) is 15.6. The molecule has 4 heteroatoms. The summed E-state index contributed by atoms with van der Waals surface area (Å²) in [6, 6.07) is 21.3. The van der Waals surface area contributed by atoms with Crippen LogP contribution in [0.25, 0.3) is 0 Å². The molecule has 24 heavy (non-hydrogen) atoms.